The number of nitrogens with one attached hydrogen (secondary N) is 2. The molecule has 2 heterocycles. The molecule has 1 atom stereocenters. The third-order valence-electron chi connectivity index (χ3n) is 3.18. The first kappa shape index (κ1) is 12.0. The molecule has 1 unspecified atom stereocenters. The van der Waals surface area contributed by atoms with Gasteiger partial charge in [0.15, 0.2) is 0 Å². The van der Waals surface area contributed by atoms with Crippen LogP contribution in [-0.4, -0.2) is 17.4 Å². The second-order valence-corrected chi connectivity index (χ2v) is 4.77. The lowest BCUT2D eigenvalue weighted by Gasteiger charge is -2.11. The molecule has 0 saturated heterocycles. The molecule has 5 heteroatoms. The van der Waals surface area contributed by atoms with Crippen LogP contribution in [0.5, 0.6) is 0 Å². The van der Waals surface area contributed by atoms with Crippen LogP contribution in [-0.2, 0) is 4.79 Å². The van der Waals surface area contributed by atoms with E-state index in [1.807, 2.05) is 24.3 Å². The zero-order valence-electron chi connectivity index (χ0n) is 10.1. The van der Waals surface area contributed by atoms with Gasteiger partial charge in [-0.1, -0.05) is 29.8 Å². The first-order chi connectivity index (χ1) is 9.25. The van der Waals surface area contributed by atoms with Crippen LogP contribution in [0, 0.1) is 0 Å². The number of carbonyl (C=O) groups excluding carboxylic acids is 1. The number of anilines is 2. The van der Waals surface area contributed by atoms with Gasteiger partial charge in [-0.2, -0.15) is 0 Å². The van der Waals surface area contributed by atoms with E-state index in [2.05, 4.69) is 15.6 Å². The van der Waals surface area contributed by atoms with E-state index in [9.17, 15) is 4.79 Å². The van der Waals surface area contributed by atoms with E-state index in [1.54, 1.807) is 18.5 Å². The maximum Gasteiger partial charge on any atom is 0.233 e. The van der Waals surface area contributed by atoms with E-state index >= 15 is 0 Å². The molecule has 0 aliphatic carbocycles. The Morgan fingerprint density at radius 2 is 2.21 bits per heavy atom. The second kappa shape index (κ2) is 4.90. The maximum atomic E-state index is 12.3. The fourth-order valence-electron chi connectivity index (χ4n) is 2.21. The molecule has 1 aliphatic rings. The molecule has 96 valence electrons. The lowest BCUT2D eigenvalue weighted by molar-refractivity contribution is -0.117. The van der Waals surface area contributed by atoms with Crippen molar-refractivity contribution in [2.45, 2.75) is 5.92 Å². The number of carbonyl (C=O) groups is 1. The highest BCUT2D eigenvalue weighted by Gasteiger charge is 2.28. The number of benzene rings is 1. The Labute approximate surface area is 115 Å². The average Bonchev–Trinajstić information content (AvgIpc) is 2.85. The summed E-state index contributed by atoms with van der Waals surface area (Å²) in [5.41, 5.74) is 2.57. The first-order valence-electron chi connectivity index (χ1n) is 5.99. The topological polar surface area (TPSA) is 54.0 Å². The van der Waals surface area contributed by atoms with Crippen molar-refractivity contribution in [3.63, 3.8) is 0 Å². The number of hydrogen-bond donors (Lipinski definition) is 2. The highest BCUT2D eigenvalue weighted by atomic mass is 35.5. The third kappa shape index (κ3) is 2.27. The Morgan fingerprint density at radius 1 is 1.37 bits per heavy atom. The summed E-state index contributed by atoms with van der Waals surface area (Å²) in [4.78, 5) is 16.2. The molecule has 1 aromatic heterocycles. The van der Waals surface area contributed by atoms with Crippen molar-refractivity contribution in [1.29, 1.82) is 0 Å². The van der Waals surface area contributed by atoms with Gasteiger partial charge in [0.05, 0.1) is 22.8 Å². The molecular weight excluding hydrogens is 262 g/mol. The minimum atomic E-state index is -0.201. The fraction of sp³-hybridized carbons (Fsp3) is 0.143. The molecule has 1 aliphatic heterocycles. The van der Waals surface area contributed by atoms with E-state index < -0.39 is 0 Å². The van der Waals surface area contributed by atoms with Crippen LogP contribution >= 0.6 is 11.6 Å². The van der Waals surface area contributed by atoms with Gasteiger partial charge in [-0.3, -0.25) is 9.78 Å². The number of pyridine rings is 1. The number of nitrogens with zero attached hydrogens (tertiary/aromatic N) is 1. The monoisotopic (exact) mass is 273 g/mol. The smallest absolute Gasteiger partial charge is 0.233 e. The van der Waals surface area contributed by atoms with Gasteiger partial charge in [0.25, 0.3) is 0 Å². The Morgan fingerprint density at radius 3 is 3.05 bits per heavy atom. The number of hydrogen-bond acceptors (Lipinski definition) is 3. The standard InChI is InChI=1S/C14H12ClN3O/c15-11-5-6-16-8-13(11)18-14(19)10-7-17-12-4-2-1-3-9(10)12/h1-6,8,10,17H,7H2,(H,18,19). The van der Waals surface area contributed by atoms with Crippen LogP contribution in [0.25, 0.3) is 0 Å². The van der Waals surface area contributed by atoms with Crippen LogP contribution in [0.3, 0.4) is 0 Å². The highest BCUT2D eigenvalue weighted by molar-refractivity contribution is 6.33. The summed E-state index contributed by atoms with van der Waals surface area (Å²) in [7, 11) is 0. The summed E-state index contributed by atoms with van der Waals surface area (Å²) in [6, 6.07) is 9.47. The molecule has 0 fully saturated rings. The van der Waals surface area contributed by atoms with Gasteiger partial charge in [0, 0.05) is 18.4 Å². The number of amides is 1. The van der Waals surface area contributed by atoms with E-state index in [0.29, 0.717) is 17.3 Å². The molecule has 1 amide bonds. The van der Waals surface area contributed by atoms with Crippen LogP contribution < -0.4 is 10.6 Å². The van der Waals surface area contributed by atoms with E-state index in [4.69, 9.17) is 11.6 Å². The Hall–Kier alpha value is -2.07. The van der Waals surface area contributed by atoms with Crippen molar-refractivity contribution in [1.82, 2.24) is 4.98 Å². The van der Waals surface area contributed by atoms with Gasteiger partial charge in [-0.15, -0.1) is 0 Å². The Balaban J connectivity index is 1.81. The molecule has 3 rings (SSSR count). The number of halogens is 1. The average molecular weight is 274 g/mol. The SMILES string of the molecule is O=C(Nc1cnccc1Cl)C1CNc2ccccc21. The van der Waals surface area contributed by atoms with Gasteiger partial charge in [0.1, 0.15) is 0 Å². The molecule has 1 aromatic carbocycles. The largest absolute Gasteiger partial charge is 0.384 e. The normalized spacial score (nSPS) is 16.6. The Kier molecular flexibility index (Phi) is 3.09. The van der Waals surface area contributed by atoms with Gasteiger partial charge >= 0.3 is 0 Å². The number of rotatable bonds is 2. The summed E-state index contributed by atoms with van der Waals surface area (Å²) in [6.07, 6.45) is 3.14. The van der Waals surface area contributed by atoms with E-state index in [1.165, 1.54) is 0 Å². The van der Waals surface area contributed by atoms with Crippen molar-refractivity contribution in [3.05, 3.63) is 53.3 Å². The number of fused-ring (bicyclic) bond motifs is 1. The van der Waals surface area contributed by atoms with Crippen molar-refractivity contribution in [3.8, 4) is 0 Å². The lowest BCUT2D eigenvalue weighted by atomic mass is 10.0. The van der Waals surface area contributed by atoms with Crippen molar-refractivity contribution < 1.29 is 4.79 Å². The van der Waals surface area contributed by atoms with Crippen LogP contribution in [0.1, 0.15) is 11.5 Å². The van der Waals surface area contributed by atoms with Crippen LogP contribution in [0.2, 0.25) is 5.02 Å². The molecule has 0 radical (unpaired) electrons. The van der Waals surface area contributed by atoms with Gasteiger partial charge in [-0.05, 0) is 17.7 Å². The van der Waals surface area contributed by atoms with Crippen LogP contribution in [0.15, 0.2) is 42.7 Å². The van der Waals surface area contributed by atoms with Gasteiger partial charge < -0.3 is 10.6 Å². The maximum absolute atomic E-state index is 12.3. The fourth-order valence-corrected chi connectivity index (χ4v) is 2.36. The summed E-state index contributed by atoms with van der Waals surface area (Å²) in [5.74, 6) is -0.278. The van der Waals surface area contributed by atoms with Gasteiger partial charge in [-0.25, -0.2) is 0 Å². The molecular formula is C14H12ClN3O. The zero-order valence-corrected chi connectivity index (χ0v) is 10.8. The molecule has 2 N–H and O–H groups in total. The summed E-state index contributed by atoms with van der Waals surface area (Å²) >= 11 is 6.00. The lowest BCUT2D eigenvalue weighted by Crippen LogP contribution is -2.22. The predicted molar refractivity (Wildman–Crippen MR) is 75.5 cm³/mol. The van der Waals surface area contributed by atoms with E-state index in [0.717, 1.165) is 11.3 Å². The molecule has 2 aromatic rings. The minimum absolute atomic E-state index is 0.0765. The van der Waals surface area contributed by atoms with Gasteiger partial charge in [0.2, 0.25) is 5.91 Å². The highest BCUT2D eigenvalue weighted by Crippen LogP contribution is 2.32. The quantitative estimate of drug-likeness (QED) is 0.885. The van der Waals surface area contributed by atoms with Crippen LogP contribution in [0.4, 0.5) is 11.4 Å². The number of para-hydroxylation sites is 1. The molecule has 0 spiro atoms. The molecule has 0 saturated carbocycles. The van der Waals surface area contributed by atoms with E-state index in [-0.39, 0.29) is 11.8 Å². The molecule has 19 heavy (non-hydrogen) atoms. The summed E-state index contributed by atoms with van der Waals surface area (Å²) in [6.45, 7) is 0.600. The van der Waals surface area contributed by atoms with Crippen molar-refractivity contribution in [2.75, 3.05) is 17.2 Å². The van der Waals surface area contributed by atoms with Crippen molar-refractivity contribution in [2.24, 2.45) is 0 Å². The number of aromatic nitrogens is 1. The minimum Gasteiger partial charge on any atom is -0.384 e. The Bertz CT molecular complexity index is 630. The second-order valence-electron chi connectivity index (χ2n) is 4.37. The summed E-state index contributed by atoms with van der Waals surface area (Å²) in [5, 5.41) is 6.53. The molecule has 0 bridgehead atoms. The van der Waals surface area contributed by atoms with Crippen molar-refractivity contribution >= 4 is 28.9 Å². The zero-order chi connectivity index (χ0) is 13.2. The summed E-state index contributed by atoms with van der Waals surface area (Å²) < 4.78 is 0. The molecule has 4 nitrogen and oxygen atoms in total. The third-order valence-corrected chi connectivity index (χ3v) is 3.50. The first-order valence-corrected chi connectivity index (χ1v) is 6.36. The predicted octanol–water partition coefficient (Wildman–Crippen LogP) is 2.88.